The summed E-state index contributed by atoms with van der Waals surface area (Å²) in [4.78, 5) is 47.1. The Bertz CT molecular complexity index is 1380. The predicted molar refractivity (Wildman–Crippen MR) is 144 cm³/mol. The zero-order valence-electron chi connectivity index (χ0n) is 19.7. The zero-order valence-corrected chi connectivity index (χ0v) is 21.3. The Kier molecular flexibility index (Phi) is 9.05. The van der Waals surface area contributed by atoms with E-state index in [9.17, 15) is 40.0 Å². The summed E-state index contributed by atoms with van der Waals surface area (Å²) in [5, 5.41) is 42.4. The van der Waals surface area contributed by atoms with Gasteiger partial charge in [-0.2, -0.15) is 0 Å². The van der Waals surface area contributed by atoms with Gasteiger partial charge >= 0.3 is 11.9 Å². The number of nitro groups is 2. The Hall–Kier alpha value is -4.42. The average Bonchev–Trinajstić information content (AvgIpc) is 2.84. The van der Waals surface area contributed by atoms with E-state index in [2.05, 4.69) is 13.2 Å². The van der Waals surface area contributed by atoms with Crippen molar-refractivity contribution in [3.63, 3.8) is 0 Å². The highest BCUT2D eigenvalue weighted by Gasteiger charge is 2.24. The summed E-state index contributed by atoms with van der Waals surface area (Å²) in [5.74, 6) is -2.59. The van der Waals surface area contributed by atoms with Crippen LogP contribution in [0.1, 0.15) is 31.8 Å². The van der Waals surface area contributed by atoms with Gasteiger partial charge in [-0.1, -0.05) is 60.9 Å². The normalized spacial score (nSPS) is 10.5. The lowest BCUT2D eigenvalue weighted by Gasteiger charge is -2.17. The third-order valence-corrected chi connectivity index (χ3v) is 7.27. The topological polar surface area (TPSA) is 161 Å². The Morgan fingerprint density at radius 1 is 0.684 bits per heavy atom. The Morgan fingerprint density at radius 3 is 1.34 bits per heavy atom. The number of benzene rings is 3. The molecule has 0 aliphatic heterocycles. The van der Waals surface area contributed by atoms with E-state index in [0.717, 1.165) is 23.5 Å². The van der Waals surface area contributed by atoms with Crippen molar-refractivity contribution in [3.8, 4) is 0 Å². The van der Waals surface area contributed by atoms with E-state index in [0.29, 0.717) is 19.6 Å². The molecule has 0 radical (unpaired) electrons. The van der Waals surface area contributed by atoms with E-state index in [1.807, 2.05) is 0 Å². The molecule has 0 spiro atoms. The number of carboxylic acids is 2. The highest BCUT2D eigenvalue weighted by atomic mass is 32.2. The number of hydrogen-bond donors (Lipinski definition) is 2. The number of hydrogen-bond acceptors (Lipinski definition) is 8. The number of carboxylic acid groups (broad SMARTS) is 2. The van der Waals surface area contributed by atoms with Gasteiger partial charge in [0.25, 0.3) is 11.4 Å². The van der Waals surface area contributed by atoms with Crippen LogP contribution >= 0.6 is 23.5 Å². The molecule has 0 saturated heterocycles. The highest BCUT2D eigenvalue weighted by molar-refractivity contribution is 8.03. The maximum absolute atomic E-state index is 12.1. The van der Waals surface area contributed by atoms with Gasteiger partial charge in [0.2, 0.25) is 0 Å². The van der Waals surface area contributed by atoms with Crippen molar-refractivity contribution in [2.24, 2.45) is 0 Å². The maximum atomic E-state index is 12.1. The Balaban J connectivity index is 2.00. The molecule has 0 saturated carbocycles. The molecule has 3 aromatic carbocycles. The minimum absolute atomic E-state index is 0.0990. The van der Waals surface area contributed by atoms with Crippen LogP contribution < -0.4 is 0 Å². The first-order valence-corrected chi connectivity index (χ1v) is 12.4. The molecule has 0 aromatic heterocycles. The molecule has 0 bridgehead atoms. The van der Waals surface area contributed by atoms with E-state index in [-0.39, 0.29) is 46.5 Å². The van der Waals surface area contributed by atoms with Gasteiger partial charge in [0.1, 0.15) is 0 Å². The van der Waals surface area contributed by atoms with Gasteiger partial charge in [-0.25, -0.2) is 9.59 Å². The molecule has 0 atom stereocenters. The fourth-order valence-electron chi connectivity index (χ4n) is 3.66. The first-order chi connectivity index (χ1) is 18.0. The van der Waals surface area contributed by atoms with Crippen LogP contribution in [0.4, 0.5) is 11.4 Å². The summed E-state index contributed by atoms with van der Waals surface area (Å²) in [7, 11) is 0. The summed E-state index contributed by atoms with van der Waals surface area (Å²) >= 11 is 1.97. The van der Waals surface area contributed by atoms with E-state index < -0.39 is 21.8 Å². The second kappa shape index (κ2) is 12.2. The number of thioether (sulfide) groups is 2. The number of aromatic carboxylic acids is 2. The van der Waals surface area contributed by atoms with Crippen molar-refractivity contribution in [2.45, 2.75) is 22.6 Å². The number of para-hydroxylation sites is 2. The third-order valence-electron chi connectivity index (χ3n) is 5.27. The highest BCUT2D eigenvalue weighted by Crippen LogP contribution is 2.39. The van der Waals surface area contributed by atoms with Crippen LogP contribution in [0.15, 0.2) is 93.4 Å². The summed E-state index contributed by atoms with van der Waals surface area (Å²) < 4.78 is 0. The van der Waals surface area contributed by atoms with Gasteiger partial charge in [0.05, 0.1) is 30.8 Å². The van der Waals surface area contributed by atoms with Gasteiger partial charge in [-0.3, -0.25) is 20.2 Å². The van der Waals surface area contributed by atoms with Gasteiger partial charge < -0.3 is 10.2 Å². The Morgan fingerprint density at radius 2 is 1.03 bits per heavy atom. The molecule has 2 N–H and O–H groups in total. The molecule has 12 heteroatoms. The largest absolute Gasteiger partial charge is 0.478 e. The second-order valence-corrected chi connectivity index (χ2v) is 10.3. The fraction of sp³-hybridized carbons (Fsp3) is 0.0769. The quantitative estimate of drug-likeness (QED) is 0.142. The SMILES string of the molecule is C=C(Cc1c(C(=O)O)ccc(C(=O)O)c1CC(=C)Sc1ccccc1[N+](=O)[O-])Sc1ccccc1[N+](=O)[O-]. The Labute approximate surface area is 225 Å². The van der Waals surface area contributed by atoms with Crippen molar-refractivity contribution in [1.29, 1.82) is 0 Å². The van der Waals surface area contributed by atoms with Crippen molar-refractivity contribution < 1.29 is 29.6 Å². The van der Waals surface area contributed by atoms with Crippen LogP contribution in [0.2, 0.25) is 0 Å². The standard InChI is InChI=1S/C26H20N2O8S2/c1-15(37-23-9-5-3-7-21(23)27(33)34)13-19-17(25(29)30)11-12-18(26(31)32)20(19)14-16(2)38-24-10-6-4-8-22(24)28(35)36/h3-12H,1-2,13-14H2,(H,29,30)(H,31,32). The lowest BCUT2D eigenvalue weighted by molar-refractivity contribution is -0.387. The van der Waals surface area contributed by atoms with Crippen molar-refractivity contribution in [3.05, 3.63) is 126 Å². The van der Waals surface area contributed by atoms with E-state index in [1.165, 1.54) is 48.5 Å². The van der Waals surface area contributed by atoms with Crippen LogP contribution in [-0.2, 0) is 12.8 Å². The van der Waals surface area contributed by atoms with E-state index in [4.69, 9.17) is 0 Å². The second-order valence-electron chi connectivity index (χ2n) is 7.81. The number of rotatable bonds is 12. The van der Waals surface area contributed by atoms with Crippen molar-refractivity contribution >= 4 is 46.8 Å². The van der Waals surface area contributed by atoms with Gasteiger partial charge in [0.15, 0.2) is 0 Å². The molecular formula is C26H20N2O8S2. The predicted octanol–water partition coefficient (Wildman–Crippen LogP) is 6.60. The van der Waals surface area contributed by atoms with Crippen LogP contribution in [-0.4, -0.2) is 32.0 Å². The summed E-state index contributed by atoms with van der Waals surface area (Å²) in [6.07, 6.45) is -0.198. The smallest absolute Gasteiger partial charge is 0.335 e. The molecule has 0 unspecified atom stereocenters. The molecular weight excluding hydrogens is 532 g/mol. The van der Waals surface area contributed by atoms with Crippen LogP contribution in [0.25, 0.3) is 0 Å². The number of nitrogens with zero attached hydrogens (tertiary/aromatic N) is 2. The number of nitro benzene ring substituents is 2. The lowest BCUT2D eigenvalue weighted by atomic mass is 9.91. The first kappa shape index (κ1) is 28.2. The first-order valence-electron chi connectivity index (χ1n) is 10.8. The maximum Gasteiger partial charge on any atom is 0.335 e. The number of carbonyl (C=O) groups is 2. The molecule has 0 aliphatic carbocycles. The van der Waals surface area contributed by atoms with Gasteiger partial charge in [0, 0.05) is 25.0 Å². The van der Waals surface area contributed by atoms with Crippen LogP contribution in [0.5, 0.6) is 0 Å². The fourth-order valence-corrected chi connectivity index (χ4v) is 5.51. The van der Waals surface area contributed by atoms with Crippen LogP contribution in [0, 0.1) is 20.2 Å². The molecule has 0 aliphatic rings. The summed E-state index contributed by atoms with van der Waals surface area (Å²) in [6, 6.07) is 14.4. The van der Waals surface area contributed by atoms with Crippen molar-refractivity contribution in [1.82, 2.24) is 0 Å². The van der Waals surface area contributed by atoms with Crippen molar-refractivity contribution in [2.75, 3.05) is 0 Å². The molecule has 10 nitrogen and oxygen atoms in total. The molecule has 3 rings (SSSR count). The zero-order chi connectivity index (χ0) is 28.0. The summed E-state index contributed by atoms with van der Waals surface area (Å²) in [6.45, 7) is 7.87. The molecule has 0 amide bonds. The minimum atomic E-state index is -1.29. The molecule has 0 fully saturated rings. The molecule has 3 aromatic rings. The molecule has 38 heavy (non-hydrogen) atoms. The minimum Gasteiger partial charge on any atom is -0.478 e. The molecule has 0 heterocycles. The van der Waals surface area contributed by atoms with E-state index >= 15 is 0 Å². The lowest BCUT2D eigenvalue weighted by Crippen LogP contribution is -2.13. The third kappa shape index (κ3) is 6.66. The average molecular weight is 553 g/mol. The van der Waals surface area contributed by atoms with Gasteiger partial charge in [-0.15, -0.1) is 0 Å². The van der Waals surface area contributed by atoms with Crippen LogP contribution in [0.3, 0.4) is 0 Å². The summed E-state index contributed by atoms with van der Waals surface area (Å²) in [5.41, 5.74) is -0.275. The van der Waals surface area contributed by atoms with Gasteiger partial charge in [-0.05, 0) is 45.2 Å². The van der Waals surface area contributed by atoms with E-state index in [1.54, 1.807) is 12.1 Å². The number of allylic oxidation sites excluding steroid dienone is 2. The molecule has 194 valence electrons. The monoisotopic (exact) mass is 552 g/mol.